The summed E-state index contributed by atoms with van der Waals surface area (Å²) < 4.78 is 13.3. The van der Waals surface area contributed by atoms with Crippen LogP contribution in [0.5, 0.6) is 0 Å². The third kappa shape index (κ3) is 1.76. The summed E-state index contributed by atoms with van der Waals surface area (Å²) in [5, 5.41) is 0.170. The lowest BCUT2D eigenvalue weighted by atomic mass is 10.1. The van der Waals surface area contributed by atoms with Gasteiger partial charge < -0.3 is 5.73 Å². The van der Waals surface area contributed by atoms with E-state index in [1.165, 1.54) is 0 Å². The normalized spacial score (nSPS) is 10.3. The van der Waals surface area contributed by atoms with Crippen molar-refractivity contribution in [3.05, 3.63) is 34.1 Å². The second kappa shape index (κ2) is 3.87. The average Bonchev–Trinajstić information content (AvgIpc) is 2.06. The summed E-state index contributed by atoms with van der Waals surface area (Å²) in [5.41, 5.74) is 6.87. The highest BCUT2D eigenvalue weighted by Gasteiger charge is 2.08. The van der Waals surface area contributed by atoms with E-state index in [-0.39, 0.29) is 10.8 Å². The van der Waals surface area contributed by atoms with Gasteiger partial charge in [0, 0.05) is 0 Å². The summed E-state index contributed by atoms with van der Waals surface area (Å²) in [7, 11) is 0. The molecular weight excluding hydrogens is 177 g/mol. The number of benzene rings is 1. The lowest BCUT2D eigenvalue weighted by Gasteiger charge is -2.06. The SMILES string of the molecule is Cc1ccc(Cl)c(F)c1CCN. The van der Waals surface area contributed by atoms with E-state index in [1.807, 2.05) is 6.92 Å². The molecule has 0 spiro atoms. The van der Waals surface area contributed by atoms with E-state index in [0.717, 1.165) is 5.56 Å². The van der Waals surface area contributed by atoms with E-state index in [1.54, 1.807) is 12.1 Å². The van der Waals surface area contributed by atoms with Crippen molar-refractivity contribution in [3.63, 3.8) is 0 Å². The predicted molar refractivity (Wildman–Crippen MR) is 48.9 cm³/mol. The van der Waals surface area contributed by atoms with Crippen LogP contribution in [0.1, 0.15) is 11.1 Å². The van der Waals surface area contributed by atoms with Gasteiger partial charge in [0.25, 0.3) is 0 Å². The van der Waals surface area contributed by atoms with Gasteiger partial charge in [0.05, 0.1) is 5.02 Å². The number of rotatable bonds is 2. The Bertz CT molecular complexity index is 286. The van der Waals surface area contributed by atoms with Crippen LogP contribution in [0.4, 0.5) is 4.39 Å². The van der Waals surface area contributed by atoms with Crippen molar-refractivity contribution in [1.82, 2.24) is 0 Å². The molecule has 0 aromatic heterocycles. The van der Waals surface area contributed by atoms with Gasteiger partial charge in [0.2, 0.25) is 0 Å². The summed E-state index contributed by atoms with van der Waals surface area (Å²) in [5.74, 6) is -0.331. The zero-order chi connectivity index (χ0) is 9.14. The van der Waals surface area contributed by atoms with E-state index in [9.17, 15) is 4.39 Å². The molecule has 0 aliphatic heterocycles. The molecular formula is C9H11ClFN. The number of hydrogen-bond donors (Lipinski definition) is 1. The lowest BCUT2D eigenvalue weighted by molar-refractivity contribution is 0.608. The monoisotopic (exact) mass is 187 g/mol. The smallest absolute Gasteiger partial charge is 0.145 e. The van der Waals surface area contributed by atoms with Crippen molar-refractivity contribution in [2.75, 3.05) is 6.54 Å². The molecule has 66 valence electrons. The fourth-order valence-corrected chi connectivity index (χ4v) is 1.32. The molecule has 1 nitrogen and oxygen atoms in total. The Morgan fingerprint density at radius 2 is 2.17 bits per heavy atom. The highest BCUT2D eigenvalue weighted by Crippen LogP contribution is 2.21. The average molecular weight is 188 g/mol. The van der Waals surface area contributed by atoms with Crippen molar-refractivity contribution in [2.45, 2.75) is 13.3 Å². The quantitative estimate of drug-likeness (QED) is 0.756. The summed E-state index contributed by atoms with van der Waals surface area (Å²) in [6.07, 6.45) is 0.540. The van der Waals surface area contributed by atoms with Crippen molar-refractivity contribution >= 4 is 11.6 Å². The van der Waals surface area contributed by atoms with Gasteiger partial charge in [-0.3, -0.25) is 0 Å². The molecule has 0 atom stereocenters. The number of aryl methyl sites for hydroxylation is 1. The minimum atomic E-state index is -0.331. The Morgan fingerprint density at radius 3 is 2.75 bits per heavy atom. The molecule has 0 unspecified atom stereocenters. The molecule has 1 rings (SSSR count). The summed E-state index contributed by atoms with van der Waals surface area (Å²) in [6, 6.07) is 3.36. The van der Waals surface area contributed by atoms with E-state index >= 15 is 0 Å². The highest BCUT2D eigenvalue weighted by atomic mass is 35.5. The van der Waals surface area contributed by atoms with Crippen LogP contribution < -0.4 is 5.73 Å². The minimum absolute atomic E-state index is 0.170. The molecule has 0 amide bonds. The maximum absolute atomic E-state index is 13.3. The van der Waals surface area contributed by atoms with E-state index in [0.29, 0.717) is 18.5 Å². The molecule has 0 aliphatic carbocycles. The van der Waals surface area contributed by atoms with Crippen LogP contribution in [-0.2, 0) is 6.42 Å². The van der Waals surface area contributed by atoms with Gasteiger partial charge in [0.15, 0.2) is 0 Å². The van der Waals surface area contributed by atoms with Gasteiger partial charge >= 0.3 is 0 Å². The molecule has 0 radical (unpaired) electrons. The van der Waals surface area contributed by atoms with E-state index in [4.69, 9.17) is 17.3 Å². The highest BCUT2D eigenvalue weighted by molar-refractivity contribution is 6.30. The van der Waals surface area contributed by atoms with Crippen LogP contribution in [0, 0.1) is 12.7 Å². The second-order valence-electron chi connectivity index (χ2n) is 2.70. The maximum atomic E-state index is 13.3. The Balaban J connectivity index is 3.14. The molecule has 3 heteroatoms. The molecule has 1 aromatic carbocycles. The summed E-state index contributed by atoms with van der Waals surface area (Å²) in [6.45, 7) is 2.29. The molecule has 0 saturated carbocycles. The third-order valence-electron chi connectivity index (χ3n) is 1.82. The van der Waals surface area contributed by atoms with Crippen LogP contribution in [0.3, 0.4) is 0 Å². The first-order valence-electron chi connectivity index (χ1n) is 3.80. The molecule has 0 heterocycles. The van der Waals surface area contributed by atoms with Crippen LogP contribution in [0.15, 0.2) is 12.1 Å². The van der Waals surface area contributed by atoms with Gasteiger partial charge in [-0.2, -0.15) is 0 Å². The van der Waals surface area contributed by atoms with Gasteiger partial charge in [-0.1, -0.05) is 17.7 Å². The van der Waals surface area contributed by atoms with Gasteiger partial charge in [-0.25, -0.2) is 4.39 Å². The first-order valence-corrected chi connectivity index (χ1v) is 4.18. The minimum Gasteiger partial charge on any atom is -0.330 e. The van der Waals surface area contributed by atoms with Crippen LogP contribution in [0.2, 0.25) is 5.02 Å². The molecule has 1 aromatic rings. The second-order valence-corrected chi connectivity index (χ2v) is 3.10. The van der Waals surface area contributed by atoms with E-state index in [2.05, 4.69) is 0 Å². The lowest BCUT2D eigenvalue weighted by Crippen LogP contribution is -2.06. The fourth-order valence-electron chi connectivity index (χ4n) is 1.14. The van der Waals surface area contributed by atoms with Gasteiger partial charge in [0.1, 0.15) is 5.82 Å². The van der Waals surface area contributed by atoms with Crippen molar-refractivity contribution in [1.29, 1.82) is 0 Å². The Morgan fingerprint density at radius 1 is 1.50 bits per heavy atom. The Kier molecular flexibility index (Phi) is 3.06. The van der Waals surface area contributed by atoms with Crippen LogP contribution in [0.25, 0.3) is 0 Å². The zero-order valence-electron chi connectivity index (χ0n) is 6.90. The third-order valence-corrected chi connectivity index (χ3v) is 2.12. The number of halogens is 2. The predicted octanol–water partition coefficient (Wildman–Crippen LogP) is 2.29. The first-order chi connectivity index (χ1) is 5.66. The van der Waals surface area contributed by atoms with Crippen LogP contribution in [-0.4, -0.2) is 6.54 Å². The molecule has 0 saturated heterocycles. The summed E-state index contributed by atoms with van der Waals surface area (Å²) in [4.78, 5) is 0. The fraction of sp³-hybridized carbons (Fsp3) is 0.333. The van der Waals surface area contributed by atoms with Crippen molar-refractivity contribution in [2.24, 2.45) is 5.73 Å². The van der Waals surface area contributed by atoms with Crippen LogP contribution >= 0.6 is 11.6 Å². The molecule has 0 aliphatic rings. The van der Waals surface area contributed by atoms with Gasteiger partial charge in [-0.05, 0) is 37.1 Å². The largest absolute Gasteiger partial charge is 0.330 e. The molecule has 12 heavy (non-hydrogen) atoms. The topological polar surface area (TPSA) is 26.0 Å². The van der Waals surface area contributed by atoms with Crippen molar-refractivity contribution < 1.29 is 4.39 Å². The summed E-state index contributed by atoms with van der Waals surface area (Å²) >= 11 is 5.61. The first kappa shape index (κ1) is 9.49. The Hall–Kier alpha value is -0.600. The zero-order valence-corrected chi connectivity index (χ0v) is 7.66. The number of hydrogen-bond acceptors (Lipinski definition) is 1. The maximum Gasteiger partial charge on any atom is 0.145 e. The number of nitrogens with two attached hydrogens (primary N) is 1. The molecule has 0 fully saturated rings. The molecule has 0 bridgehead atoms. The van der Waals surface area contributed by atoms with E-state index < -0.39 is 0 Å². The molecule has 2 N–H and O–H groups in total. The standard InChI is InChI=1S/C9H11ClFN/c1-6-2-3-8(10)9(11)7(6)4-5-12/h2-3H,4-5,12H2,1H3. The van der Waals surface area contributed by atoms with Crippen molar-refractivity contribution in [3.8, 4) is 0 Å². The van der Waals surface area contributed by atoms with Gasteiger partial charge in [-0.15, -0.1) is 0 Å². The Labute approximate surface area is 76.3 Å².